The van der Waals surface area contributed by atoms with E-state index in [-0.39, 0.29) is 17.1 Å². The number of halogens is 3. The minimum Gasteiger partial charge on any atom is -0.320 e. The first kappa shape index (κ1) is 21.4. The molecule has 0 aliphatic heterocycles. The van der Waals surface area contributed by atoms with Crippen LogP contribution in [0.25, 0.3) is 0 Å². The number of hydrogen-bond donors (Lipinski definition) is 1. The minimum atomic E-state index is -4.69. The van der Waals surface area contributed by atoms with E-state index >= 15 is 0 Å². The number of rotatable bonds is 5. The van der Waals surface area contributed by atoms with Crippen LogP contribution in [-0.2, 0) is 13.2 Å². The predicted octanol–water partition coefficient (Wildman–Crippen LogP) is 5.06. The lowest BCUT2D eigenvalue weighted by atomic mass is 10.2. The van der Waals surface area contributed by atoms with Crippen LogP contribution < -0.4 is 5.32 Å². The van der Waals surface area contributed by atoms with E-state index in [4.69, 9.17) is 0 Å². The Labute approximate surface area is 173 Å². The van der Waals surface area contributed by atoms with Crippen molar-refractivity contribution in [3.8, 4) is 0 Å². The van der Waals surface area contributed by atoms with E-state index in [1.54, 1.807) is 0 Å². The lowest BCUT2D eigenvalue weighted by Crippen LogP contribution is -2.16. The third-order valence-corrected chi connectivity index (χ3v) is 5.00. The van der Waals surface area contributed by atoms with Gasteiger partial charge in [0.2, 0.25) is 0 Å². The standard InChI is InChI=1S/C19H15F3N4O3S/c1-11-3-5-14(6-4-11)30-15-8-12(7-13(9-15)26(28)29)23-18(27)16-10-17(19(20,21)22)24-25(16)2/h3-10H,1-2H3,(H,23,27). The molecule has 11 heteroatoms. The van der Waals surface area contributed by atoms with Gasteiger partial charge in [0.1, 0.15) is 5.69 Å². The van der Waals surface area contributed by atoms with Crippen LogP contribution in [0.1, 0.15) is 21.7 Å². The molecule has 0 fully saturated rings. The number of amides is 1. The predicted molar refractivity (Wildman–Crippen MR) is 105 cm³/mol. The molecule has 30 heavy (non-hydrogen) atoms. The molecule has 0 unspecified atom stereocenters. The van der Waals surface area contributed by atoms with Gasteiger partial charge in [-0.15, -0.1) is 0 Å². The zero-order chi connectivity index (χ0) is 22.1. The number of carbonyl (C=O) groups is 1. The second kappa shape index (κ2) is 8.19. The molecular formula is C19H15F3N4O3S. The Hall–Kier alpha value is -3.34. The lowest BCUT2D eigenvalue weighted by molar-refractivity contribution is -0.385. The van der Waals surface area contributed by atoms with E-state index in [9.17, 15) is 28.1 Å². The van der Waals surface area contributed by atoms with Crippen LogP contribution in [0.5, 0.6) is 0 Å². The van der Waals surface area contributed by atoms with Gasteiger partial charge in [0.05, 0.1) is 4.92 Å². The molecule has 156 valence electrons. The minimum absolute atomic E-state index is 0.0820. The van der Waals surface area contributed by atoms with E-state index in [1.165, 1.54) is 30.9 Å². The number of aromatic nitrogens is 2. The van der Waals surface area contributed by atoms with Gasteiger partial charge in [0, 0.05) is 40.7 Å². The summed E-state index contributed by atoms with van der Waals surface area (Å²) in [4.78, 5) is 24.4. The molecule has 0 saturated carbocycles. The van der Waals surface area contributed by atoms with Crippen molar-refractivity contribution < 1.29 is 22.9 Å². The number of anilines is 1. The Bertz CT molecular complexity index is 1110. The van der Waals surface area contributed by atoms with Crippen molar-refractivity contribution in [3.05, 3.63) is 75.6 Å². The van der Waals surface area contributed by atoms with Gasteiger partial charge in [-0.3, -0.25) is 19.6 Å². The van der Waals surface area contributed by atoms with Crippen molar-refractivity contribution in [2.24, 2.45) is 7.05 Å². The highest BCUT2D eigenvalue weighted by Gasteiger charge is 2.35. The van der Waals surface area contributed by atoms with Crippen LogP contribution in [0.4, 0.5) is 24.5 Å². The number of nitrogens with zero attached hydrogens (tertiary/aromatic N) is 3. The first-order valence-corrected chi connectivity index (χ1v) is 9.31. The first-order chi connectivity index (χ1) is 14.0. The number of nitro benzene ring substituents is 1. The molecule has 1 amide bonds. The summed E-state index contributed by atoms with van der Waals surface area (Å²) in [7, 11) is 1.20. The van der Waals surface area contributed by atoms with Crippen LogP contribution >= 0.6 is 11.8 Å². The SMILES string of the molecule is Cc1ccc(Sc2cc(NC(=O)c3cc(C(F)(F)F)nn3C)cc([N+](=O)[O-])c2)cc1. The third-order valence-electron chi connectivity index (χ3n) is 4.02. The van der Waals surface area contributed by atoms with Gasteiger partial charge in [-0.1, -0.05) is 29.5 Å². The van der Waals surface area contributed by atoms with E-state index in [1.807, 2.05) is 31.2 Å². The first-order valence-electron chi connectivity index (χ1n) is 8.49. The summed E-state index contributed by atoms with van der Waals surface area (Å²) < 4.78 is 39.2. The number of alkyl halides is 3. The number of hydrogen-bond acceptors (Lipinski definition) is 5. The summed E-state index contributed by atoms with van der Waals surface area (Å²) in [5.74, 6) is -0.868. The number of nitrogens with one attached hydrogen (secondary N) is 1. The summed E-state index contributed by atoms with van der Waals surface area (Å²) in [5.41, 5.74) is -0.658. The second-order valence-electron chi connectivity index (χ2n) is 6.38. The maximum absolute atomic E-state index is 12.8. The molecule has 0 radical (unpaired) electrons. The molecule has 1 heterocycles. The zero-order valence-corrected chi connectivity index (χ0v) is 16.5. The van der Waals surface area contributed by atoms with Gasteiger partial charge >= 0.3 is 6.18 Å². The highest BCUT2D eigenvalue weighted by molar-refractivity contribution is 7.99. The molecule has 2 aromatic carbocycles. The molecule has 3 aromatic rings. The van der Waals surface area contributed by atoms with Gasteiger partial charge in [-0.2, -0.15) is 18.3 Å². The Kier molecular flexibility index (Phi) is 5.83. The van der Waals surface area contributed by atoms with Crippen molar-refractivity contribution in [2.75, 3.05) is 5.32 Å². The van der Waals surface area contributed by atoms with Gasteiger partial charge in [0.15, 0.2) is 5.69 Å². The van der Waals surface area contributed by atoms with Crippen LogP contribution in [0.3, 0.4) is 0 Å². The molecular weight excluding hydrogens is 421 g/mol. The van der Waals surface area contributed by atoms with Crippen molar-refractivity contribution in [1.29, 1.82) is 0 Å². The van der Waals surface area contributed by atoms with Crippen molar-refractivity contribution >= 4 is 29.0 Å². The fourth-order valence-electron chi connectivity index (χ4n) is 2.58. The van der Waals surface area contributed by atoms with Crippen molar-refractivity contribution in [3.63, 3.8) is 0 Å². The molecule has 1 N–H and O–H groups in total. The van der Waals surface area contributed by atoms with Gasteiger partial charge in [-0.25, -0.2) is 0 Å². The van der Waals surface area contributed by atoms with Gasteiger partial charge in [0.25, 0.3) is 11.6 Å². The number of aryl methyl sites for hydroxylation is 2. The fraction of sp³-hybridized carbons (Fsp3) is 0.158. The highest BCUT2D eigenvalue weighted by atomic mass is 32.2. The summed E-state index contributed by atoms with van der Waals surface area (Å²) in [6.45, 7) is 1.93. The highest BCUT2D eigenvalue weighted by Crippen LogP contribution is 2.33. The van der Waals surface area contributed by atoms with Crippen LogP contribution in [0.15, 0.2) is 58.3 Å². The Morgan fingerprint density at radius 2 is 1.80 bits per heavy atom. The summed E-state index contributed by atoms with van der Waals surface area (Å²) in [5, 5.41) is 17.0. The topological polar surface area (TPSA) is 90.1 Å². The number of benzene rings is 2. The molecule has 0 atom stereocenters. The molecule has 1 aromatic heterocycles. The molecule has 3 rings (SSSR count). The Balaban J connectivity index is 1.89. The monoisotopic (exact) mass is 436 g/mol. The van der Waals surface area contributed by atoms with E-state index in [0.29, 0.717) is 11.0 Å². The average molecular weight is 436 g/mol. The fourth-order valence-corrected chi connectivity index (χ4v) is 3.49. The van der Waals surface area contributed by atoms with Gasteiger partial charge in [-0.05, 0) is 25.1 Å². The molecule has 0 bridgehead atoms. The van der Waals surface area contributed by atoms with Crippen LogP contribution in [0, 0.1) is 17.0 Å². The number of carbonyl (C=O) groups excluding carboxylic acids is 1. The smallest absolute Gasteiger partial charge is 0.320 e. The van der Waals surface area contributed by atoms with Crippen molar-refractivity contribution in [2.45, 2.75) is 22.9 Å². The maximum atomic E-state index is 12.8. The molecule has 0 saturated heterocycles. The normalized spacial score (nSPS) is 11.4. The molecule has 0 aliphatic carbocycles. The lowest BCUT2D eigenvalue weighted by Gasteiger charge is -2.08. The Morgan fingerprint density at radius 1 is 1.13 bits per heavy atom. The zero-order valence-electron chi connectivity index (χ0n) is 15.7. The van der Waals surface area contributed by atoms with E-state index in [0.717, 1.165) is 21.2 Å². The van der Waals surface area contributed by atoms with Crippen LogP contribution in [-0.4, -0.2) is 20.6 Å². The summed E-state index contributed by atoms with van der Waals surface area (Å²) in [6.07, 6.45) is -4.69. The second-order valence-corrected chi connectivity index (χ2v) is 7.53. The Morgan fingerprint density at radius 3 is 2.37 bits per heavy atom. The van der Waals surface area contributed by atoms with E-state index in [2.05, 4.69) is 10.4 Å². The summed E-state index contributed by atoms with van der Waals surface area (Å²) >= 11 is 1.25. The van der Waals surface area contributed by atoms with Crippen LogP contribution in [0.2, 0.25) is 0 Å². The number of non-ortho nitro benzene ring substituents is 1. The van der Waals surface area contributed by atoms with E-state index < -0.39 is 22.7 Å². The maximum Gasteiger partial charge on any atom is 0.435 e. The largest absolute Gasteiger partial charge is 0.435 e. The molecule has 0 aliphatic rings. The van der Waals surface area contributed by atoms with Crippen molar-refractivity contribution in [1.82, 2.24) is 9.78 Å². The third kappa shape index (κ3) is 4.98. The average Bonchev–Trinajstić information content (AvgIpc) is 3.06. The molecule has 7 nitrogen and oxygen atoms in total. The number of nitro groups is 1. The van der Waals surface area contributed by atoms with Gasteiger partial charge < -0.3 is 5.32 Å². The quantitative estimate of drug-likeness (QED) is 0.446. The molecule has 0 spiro atoms. The summed E-state index contributed by atoms with van der Waals surface area (Å²) in [6, 6.07) is 12.1.